The van der Waals surface area contributed by atoms with Crippen LogP contribution in [0.4, 0.5) is 9.93 Å². The van der Waals surface area contributed by atoms with Crippen LogP contribution in [0.25, 0.3) is 0 Å². The smallest absolute Gasteiger partial charge is 0.306 e. The normalized spacial score (nSPS) is 18.0. The molecule has 1 atom stereocenters. The Bertz CT molecular complexity index is 745. The molecular weight excluding hydrogens is 308 g/mol. The molecule has 1 N–H and O–H groups in total. The maximum absolute atomic E-state index is 12.2. The average molecular weight is 316 g/mol. The van der Waals surface area contributed by atoms with Crippen molar-refractivity contribution in [2.24, 2.45) is 10.2 Å². The first kappa shape index (κ1) is 13.9. The van der Waals surface area contributed by atoms with Crippen molar-refractivity contribution in [3.05, 3.63) is 41.7 Å². The quantitative estimate of drug-likeness (QED) is 0.521. The van der Waals surface area contributed by atoms with Crippen LogP contribution in [-0.2, 0) is 4.79 Å². The molecule has 1 aliphatic heterocycles. The molecule has 1 unspecified atom stereocenters. The van der Waals surface area contributed by atoms with Gasteiger partial charge in [-0.05, 0) is 12.1 Å². The number of imide groups is 3. The summed E-state index contributed by atoms with van der Waals surface area (Å²) in [4.78, 5) is 44.2. The van der Waals surface area contributed by atoms with Crippen molar-refractivity contribution in [1.82, 2.24) is 20.2 Å². The first-order valence-electron chi connectivity index (χ1n) is 6.06. The molecule has 110 valence electrons. The van der Waals surface area contributed by atoms with Crippen molar-refractivity contribution in [3.63, 3.8) is 0 Å². The maximum Gasteiger partial charge on any atom is 0.333 e. The molecule has 0 aliphatic carbocycles. The highest BCUT2D eigenvalue weighted by Gasteiger charge is 2.43. The molecule has 0 radical (unpaired) electrons. The van der Waals surface area contributed by atoms with E-state index in [1.807, 2.05) is 0 Å². The van der Waals surface area contributed by atoms with Crippen molar-refractivity contribution >= 4 is 34.3 Å². The Kier molecular flexibility index (Phi) is 3.66. The second-order valence-electron chi connectivity index (χ2n) is 4.10. The molecule has 0 bridgehead atoms. The van der Waals surface area contributed by atoms with E-state index >= 15 is 0 Å². The average Bonchev–Trinajstić information content (AvgIpc) is 3.14. The first-order valence-corrected chi connectivity index (χ1v) is 6.94. The van der Waals surface area contributed by atoms with E-state index in [2.05, 4.69) is 25.5 Å². The lowest BCUT2D eigenvalue weighted by molar-refractivity contribution is -0.125. The molecule has 2 aromatic rings. The topological polar surface area (TPSA) is 117 Å². The number of carbonyl (C=O) groups excluding carboxylic acids is 3. The summed E-state index contributed by atoms with van der Waals surface area (Å²) in [6.07, 6.45) is 3.05. The molecule has 10 heteroatoms. The zero-order chi connectivity index (χ0) is 15.5. The van der Waals surface area contributed by atoms with Gasteiger partial charge in [-0.15, -0.1) is 16.5 Å². The van der Waals surface area contributed by atoms with Crippen molar-refractivity contribution in [1.29, 1.82) is 0 Å². The number of hydrogen-bond donors (Lipinski definition) is 1. The van der Waals surface area contributed by atoms with Crippen molar-refractivity contribution in [2.75, 3.05) is 0 Å². The predicted octanol–water partition coefficient (Wildman–Crippen LogP) is 1.34. The SMILES string of the molecule is O=C1NC(N=Nc2nccs2)C(=O)N1C(=O)c1cccnc1. The number of nitrogens with one attached hydrogen (secondary N) is 1. The van der Waals surface area contributed by atoms with Gasteiger partial charge in [0.25, 0.3) is 11.8 Å². The number of rotatable bonds is 3. The highest BCUT2D eigenvalue weighted by atomic mass is 32.1. The minimum absolute atomic E-state index is 0.128. The zero-order valence-electron chi connectivity index (χ0n) is 10.9. The Balaban J connectivity index is 1.78. The van der Waals surface area contributed by atoms with E-state index < -0.39 is 24.0 Å². The predicted molar refractivity (Wildman–Crippen MR) is 74.4 cm³/mol. The summed E-state index contributed by atoms with van der Waals surface area (Å²) in [5.74, 6) is -1.55. The second kappa shape index (κ2) is 5.77. The van der Waals surface area contributed by atoms with Crippen molar-refractivity contribution in [2.45, 2.75) is 6.17 Å². The summed E-state index contributed by atoms with van der Waals surface area (Å²) in [5.41, 5.74) is 0.128. The number of thiazole rings is 1. The van der Waals surface area contributed by atoms with Gasteiger partial charge in [-0.25, -0.2) is 9.78 Å². The number of hydrogen-bond acceptors (Lipinski definition) is 8. The van der Waals surface area contributed by atoms with Crippen LogP contribution in [0.15, 0.2) is 46.3 Å². The van der Waals surface area contributed by atoms with E-state index in [-0.39, 0.29) is 5.56 Å². The lowest BCUT2D eigenvalue weighted by Gasteiger charge is -2.09. The lowest BCUT2D eigenvalue weighted by Crippen LogP contribution is -2.37. The third-order valence-corrected chi connectivity index (χ3v) is 3.36. The van der Waals surface area contributed by atoms with Gasteiger partial charge in [0.05, 0.1) is 5.56 Å². The lowest BCUT2D eigenvalue weighted by atomic mass is 10.2. The second-order valence-corrected chi connectivity index (χ2v) is 4.98. The van der Waals surface area contributed by atoms with E-state index in [0.29, 0.717) is 10.0 Å². The van der Waals surface area contributed by atoms with E-state index in [0.717, 1.165) is 0 Å². The van der Waals surface area contributed by atoms with E-state index in [1.54, 1.807) is 5.38 Å². The van der Waals surface area contributed by atoms with Crippen LogP contribution in [0, 0.1) is 0 Å². The highest BCUT2D eigenvalue weighted by Crippen LogP contribution is 2.18. The minimum Gasteiger partial charge on any atom is -0.306 e. The van der Waals surface area contributed by atoms with Crippen LogP contribution in [0.1, 0.15) is 10.4 Å². The van der Waals surface area contributed by atoms with Crippen LogP contribution < -0.4 is 5.32 Å². The van der Waals surface area contributed by atoms with Gasteiger partial charge in [-0.1, -0.05) is 0 Å². The Morgan fingerprint density at radius 2 is 2.23 bits per heavy atom. The number of urea groups is 1. The Morgan fingerprint density at radius 3 is 2.91 bits per heavy atom. The molecular formula is C12H8N6O3S. The number of nitrogens with zero attached hydrogens (tertiary/aromatic N) is 5. The van der Waals surface area contributed by atoms with Gasteiger partial charge in [0, 0.05) is 24.0 Å². The summed E-state index contributed by atoms with van der Waals surface area (Å²) < 4.78 is 0. The number of carbonyl (C=O) groups is 3. The van der Waals surface area contributed by atoms with Gasteiger partial charge in [0.2, 0.25) is 11.3 Å². The number of azo groups is 1. The van der Waals surface area contributed by atoms with E-state index in [1.165, 1.54) is 42.1 Å². The van der Waals surface area contributed by atoms with Gasteiger partial charge >= 0.3 is 6.03 Å². The van der Waals surface area contributed by atoms with Crippen LogP contribution in [0.3, 0.4) is 0 Å². The fraction of sp³-hybridized carbons (Fsp3) is 0.0833. The minimum atomic E-state index is -1.24. The molecule has 4 amide bonds. The van der Waals surface area contributed by atoms with Gasteiger partial charge in [0.15, 0.2) is 0 Å². The third-order valence-electron chi connectivity index (χ3n) is 2.71. The van der Waals surface area contributed by atoms with Crippen LogP contribution in [0.2, 0.25) is 0 Å². The van der Waals surface area contributed by atoms with Gasteiger partial charge < -0.3 is 5.32 Å². The molecule has 22 heavy (non-hydrogen) atoms. The molecule has 0 aromatic carbocycles. The molecule has 9 nitrogen and oxygen atoms in total. The standard InChI is InChI=1S/C12H8N6O3S/c19-9(7-2-1-3-13-6-7)18-10(20)8(15-12(18)21)16-17-11-14-4-5-22-11/h1-6,8H,(H,15,21). The summed E-state index contributed by atoms with van der Waals surface area (Å²) in [6.45, 7) is 0. The van der Waals surface area contributed by atoms with Crippen molar-refractivity contribution in [3.8, 4) is 0 Å². The van der Waals surface area contributed by atoms with Gasteiger partial charge in [-0.3, -0.25) is 14.6 Å². The summed E-state index contributed by atoms with van der Waals surface area (Å²) in [7, 11) is 0. The monoisotopic (exact) mass is 316 g/mol. The molecule has 1 saturated heterocycles. The molecule has 2 aromatic heterocycles. The van der Waals surface area contributed by atoms with Crippen LogP contribution in [-0.4, -0.2) is 38.9 Å². The molecule has 1 fully saturated rings. The Hall–Kier alpha value is -3.01. The third kappa shape index (κ3) is 2.59. The summed E-state index contributed by atoms with van der Waals surface area (Å²) in [5, 5.41) is 11.8. The molecule has 0 saturated carbocycles. The maximum atomic E-state index is 12.2. The van der Waals surface area contributed by atoms with Gasteiger partial charge in [-0.2, -0.15) is 10.0 Å². The molecule has 0 spiro atoms. The first-order chi connectivity index (χ1) is 10.7. The van der Waals surface area contributed by atoms with Crippen LogP contribution in [0.5, 0.6) is 0 Å². The Morgan fingerprint density at radius 1 is 1.36 bits per heavy atom. The van der Waals surface area contributed by atoms with Crippen LogP contribution >= 0.6 is 11.3 Å². The summed E-state index contributed by atoms with van der Waals surface area (Å²) >= 11 is 1.23. The fourth-order valence-electron chi connectivity index (χ4n) is 1.73. The zero-order valence-corrected chi connectivity index (χ0v) is 11.7. The van der Waals surface area contributed by atoms with E-state index in [4.69, 9.17) is 0 Å². The fourth-order valence-corrected chi connectivity index (χ4v) is 2.19. The molecule has 3 heterocycles. The Labute approximate surface area is 127 Å². The largest absolute Gasteiger partial charge is 0.333 e. The number of pyridine rings is 1. The highest BCUT2D eigenvalue weighted by molar-refractivity contribution is 7.13. The van der Waals surface area contributed by atoms with E-state index in [9.17, 15) is 14.4 Å². The van der Waals surface area contributed by atoms with Crippen molar-refractivity contribution < 1.29 is 14.4 Å². The summed E-state index contributed by atoms with van der Waals surface area (Å²) in [6, 6.07) is 2.15. The number of aromatic nitrogens is 2. The molecule has 3 rings (SSSR count). The number of amides is 4. The van der Waals surface area contributed by atoms with Gasteiger partial charge in [0.1, 0.15) is 0 Å². The molecule has 1 aliphatic rings.